The fraction of sp³-hybridized carbons (Fsp3) is 0.278. The number of carboxylic acid groups (broad SMARTS) is 1. The molecule has 0 radical (unpaired) electrons. The first kappa shape index (κ1) is 23.8. The second-order valence-corrected chi connectivity index (χ2v) is 8.54. The summed E-state index contributed by atoms with van der Waals surface area (Å²) in [7, 11) is -0.346. The molecule has 0 saturated heterocycles. The first-order valence-electron chi connectivity index (χ1n) is 8.19. The van der Waals surface area contributed by atoms with Crippen molar-refractivity contribution in [3.8, 4) is 11.5 Å². The van der Waals surface area contributed by atoms with Gasteiger partial charge in [0.25, 0.3) is 0 Å². The maximum absolute atomic E-state index is 12.9. The van der Waals surface area contributed by atoms with Crippen LogP contribution in [-0.2, 0) is 22.6 Å². The van der Waals surface area contributed by atoms with E-state index in [9.17, 15) is 27.3 Å². The summed E-state index contributed by atoms with van der Waals surface area (Å²) in [5.74, 6) is -0.752. The van der Waals surface area contributed by atoms with Gasteiger partial charge in [-0.1, -0.05) is 17.7 Å². The van der Waals surface area contributed by atoms with E-state index in [1.165, 1.54) is 20.5 Å². The Morgan fingerprint density at radius 3 is 2.37 bits per heavy atom. The molecule has 2 aromatic rings. The van der Waals surface area contributed by atoms with Gasteiger partial charge in [-0.15, -0.1) is 0 Å². The van der Waals surface area contributed by atoms with Gasteiger partial charge in [0, 0.05) is 12.8 Å². The van der Waals surface area contributed by atoms with E-state index in [2.05, 4.69) is 9.08 Å². The topological polar surface area (TPSA) is 97.2 Å². The summed E-state index contributed by atoms with van der Waals surface area (Å²) in [6.07, 6.45) is -3.63. The molecule has 1 atom stereocenters. The summed E-state index contributed by atoms with van der Waals surface area (Å²) < 4.78 is 68.4. The number of carbonyl (C=O) groups is 1. The highest BCUT2D eigenvalue weighted by Gasteiger charge is 2.33. The van der Waals surface area contributed by atoms with Crippen LogP contribution in [0.2, 0.25) is 5.02 Å². The molecule has 0 fully saturated rings. The predicted octanol–water partition coefficient (Wildman–Crippen LogP) is 4.51. The van der Waals surface area contributed by atoms with Crippen LogP contribution in [0.5, 0.6) is 11.5 Å². The zero-order valence-electron chi connectivity index (χ0n) is 16.0. The summed E-state index contributed by atoms with van der Waals surface area (Å²) in [6.45, 7) is 0.0415. The maximum Gasteiger partial charge on any atom is 0.416 e. The van der Waals surface area contributed by atoms with E-state index in [-0.39, 0.29) is 6.54 Å². The van der Waals surface area contributed by atoms with Gasteiger partial charge in [0.1, 0.15) is 15.6 Å². The maximum atomic E-state index is 12.9. The van der Waals surface area contributed by atoms with Crippen LogP contribution >= 0.6 is 11.6 Å². The van der Waals surface area contributed by atoms with E-state index in [1.54, 1.807) is 18.2 Å². The summed E-state index contributed by atoms with van der Waals surface area (Å²) in [4.78, 5) is 11.4. The van der Waals surface area contributed by atoms with Gasteiger partial charge in [0.05, 0.1) is 30.4 Å². The number of nitrogens with zero attached hydrogens (tertiary/aromatic N) is 1. The van der Waals surface area contributed by atoms with Crippen molar-refractivity contribution in [2.24, 2.45) is 4.36 Å². The number of ether oxygens (including phenoxy) is 2. The fourth-order valence-corrected chi connectivity index (χ4v) is 3.79. The molecule has 2 rings (SSSR count). The molecule has 164 valence electrons. The molecule has 0 aliphatic heterocycles. The van der Waals surface area contributed by atoms with Crippen molar-refractivity contribution < 1.29 is 36.8 Å². The molecule has 0 aromatic heterocycles. The van der Waals surface area contributed by atoms with Gasteiger partial charge in [0.15, 0.2) is 11.5 Å². The highest BCUT2D eigenvalue weighted by molar-refractivity contribution is 7.91. The standard InChI is InChI=1S/C18H18ClF3N2O5S/c1-28-14-5-4-10(6-15(14)29-2)9-23-30(3,27)24-16-12(17(25)26)7-11(8-13(16)19)18(20,21)22/h4-8H,9H2,1-3H3,(H,25,26)(H,23,24,27). The lowest BCUT2D eigenvalue weighted by atomic mass is 10.1. The zero-order chi connectivity index (χ0) is 22.7. The number of benzene rings is 2. The number of rotatable bonds is 7. The molecule has 1 unspecified atom stereocenters. The quantitative estimate of drug-likeness (QED) is 0.625. The SMILES string of the molecule is COc1ccc(CNS(C)(=O)=Nc2c(Cl)cc(C(F)(F)F)cc2C(=O)O)cc1OC. The second kappa shape index (κ2) is 9.11. The van der Waals surface area contributed by atoms with E-state index in [1.807, 2.05) is 0 Å². The molecule has 0 aliphatic carbocycles. The number of nitrogens with one attached hydrogen (secondary N) is 1. The minimum atomic E-state index is -4.80. The monoisotopic (exact) mass is 466 g/mol. The van der Waals surface area contributed by atoms with Gasteiger partial charge in [-0.3, -0.25) is 0 Å². The van der Waals surface area contributed by atoms with Crippen molar-refractivity contribution in [1.29, 1.82) is 0 Å². The third-order valence-electron chi connectivity index (χ3n) is 3.88. The van der Waals surface area contributed by atoms with Crippen LogP contribution < -0.4 is 14.2 Å². The predicted molar refractivity (Wildman–Crippen MR) is 106 cm³/mol. The number of carboxylic acids is 1. The number of aromatic carboxylic acids is 1. The van der Waals surface area contributed by atoms with Crippen LogP contribution in [0.1, 0.15) is 21.5 Å². The molecule has 0 bridgehead atoms. The molecule has 30 heavy (non-hydrogen) atoms. The van der Waals surface area contributed by atoms with E-state index in [0.717, 1.165) is 0 Å². The van der Waals surface area contributed by atoms with Crippen LogP contribution in [0.25, 0.3) is 0 Å². The lowest BCUT2D eigenvalue weighted by molar-refractivity contribution is -0.137. The summed E-state index contributed by atoms with van der Waals surface area (Å²) >= 11 is 5.84. The van der Waals surface area contributed by atoms with Gasteiger partial charge < -0.3 is 14.6 Å². The third kappa shape index (κ3) is 5.77. The van der Waals surface area contributed by atoms with Crippen LogP contribution in [0.3, 0.4) is 0 Å². The Balaban J connectivity index is 2.39. The van der Waals surface area contributed by atoms with Crippen molar-refractivity contribution >= 4 is 33.2 Å². The Morgan fingerprint density at radius 1 is 1.20 bits per heavy atom. The van der Waals surface area contributed by atoms with Crippen LogP contribution in [0.15, 0.2) is 34.7 Å². The molecule has 12 heteroatoms. The summed E-state index contributed by atoms with van der Waals surface area (Å²) in [6, 6.07) is 5.89. The molecule has 0 saturated carbocycles. The molecule has 0 aliphatic rings. The first-order chi connectivity index (χ1) is 13.9. The van der Waals surface area contributed by atoms with Gasteiger partial charge in [0.2, 0.25) is 0 Å². The minimum absolute atomic E-state index is 0.0415. The van der Waals surface area contributed by atoms with Gasteiger partial charge in [-0.25, -0.2) is 13.7 Å². The molecule has 2 N–H and O–H groups in total. The highest BCUT2D eigenvalue weighted by atomic mass is 35.5. The third-order valence-corrected chi connectivity index (χ3v) is 5.38. The highest BCUT2D eigenvalue weighted by Crippen LogP contribution is 2.38. The van der Waals surface area contributed by atoms with E-state index < -0.39 is 43.9 Å². The van der Waals surface area contributed by atoms with Crippen molar-refractivity contribution in [3.63, 3.8) is 0 Å². The average molecular weight is 467 g/mol. The lowest BCUT2D eigenvalue weighted by Gasteiger charge is -2.13. The number of alkyl halides is 3. The van der Waals surface area contributed by atoms with Crippen molar-refractivity contribution in [3.05, 3.63) is 52.0 Å². The Kier molecular flexibility index (Phi) is 7.22. The second-order valence-electron chi connectivity index (χ2n) is 6.06. The molecule has 2 aromatic carbocycles. The number of methoxy groups -OCH3 is 2. The largest absolute Gasteiger partial charge is 0.493 e. The fourth-order valence-electron chi connectivity index (χ4n) is 2.43. The summed E-state index contributed by atoms with van der Waals surface area (Å²) in [5, 5.41) is 8.69. The van der Waals surface area contributed by atoms with Crippen LogP contribution in [0.4, 0.5) is 18.9 Å². The van der Waals surface area contributed by atoms with Crippen LogP contribution in [-0.4, -0.2) is 35.8 Å². The normalized spacial score (nSPS) is 13.4. The molecule has 0 spiro atoms. The van der Waals surface area contributed by atoms with Crippen molar-refractivity contribution in [2.75, 3.05) is 20.5 Å². The lowest BCUT2D eigenvalue weighted by Crippen LogP contribution is -2.21. The molecule has 0 amide bonds. The van der Waals surface area contributed by atoms with Gasteiger partial charge >= 0.3 is 12.1 Å². The smallest absolute Gasteiger partial charge is 0.416 e. The van der Waals surface area contributed by atoms with Crippen LogP contribution in [0, 0.1) is 0 Å². The molecular formula is C18H18ClF3N2O5S. The summed E-state index contributed by atoms with van der Waals surface area (Å²) in [5.41, 5.74) is -1.92. The Bertz CT molecular complexity index is 1080. The number of halogens is 4. The number of hydrogen-bond acceptors (Lipinski definition) is 5. The van der Waals surface area contributed by atoms with E-state index >= 15 is 0 Å². The van der Waals surface area contributed by atoms with Gasteiger partial charge in [-0.2, -0.15) is 17.5 Å². The molecule has 7 nitrogen and oxygen atoms in total. The van der Waals surface area contributed by atoms with Crippen molar-refractivity contribution in [1.82, 2.24) is 4.72 Å². The van der Waals surface area contributed by atoms with Crippen molar-refractivity contribution in [2.45, 2.75) is 12.7 Å². The van der Waals surface area contributed by atoms with Gasteiger partial charge in [-0.05, 0) is 29.8 Å². The Hall–Kier alpha value is -2.50. The van der Waals surface area contributed by atoms with E-state index in [4.69, 9.17) is 21.1 Å². The average Bonchev–Trinajstić information content (AvgIpc) is 2.66. The molecular weight excluding hydrogens is 449 g/mol. The first-order valence-corrected chi connectivity index (χ1v) is 10.5. The zero-order valence-corrected chi connectivity index (χ0v) is 17.6. The van der Waals surface area contributed by atoms with E-state index in [0.29, 0.717) is 29.2 Å². The Morgan fingerprint density at radius 2 is 1.83 bits per heavy atom. The number of hydrogen-bond donors (Lipinski definition) is 2. The Labute approximate surface area is 176 Å². The minimum Gasteiger partial charge on any atom is -0.493 e. The molecule has 0 heterocycles.